The van der Waals surface area contributed by atoms with Gasteiger partial charge >= 0.3 is 0 Å². The van der Waals surface area contributed by atoms with Crippen LogP contribution in [-0.2, 0) is 16.0 Å². The van der Waals surface area contributed by atoms with E-state index in [0.29, 0.717) is 25.1 Å². The van der Waals surface area contributed by atoms with Gasteiger partial charge in [0.2, 0.25) is 5.91 Å². The highest BCUT2D eigenvalue weighted by Gasteiger charge is 2.26. The topological polar surface area (TPSA) is 37.4 Å². The van der Waals surface area contributed by atoms with Gasteiger partial charge in [0.1, 0.15) is 11.6 Å². The maximum Gasteiger partial charge on any atom is 0.227 e. The number of carbonyl (C=O) groups is 2. The molecule has 1 heterocycles. The standard InChI is InChI=1S/C14H16FNO2/c1-10-9-16(7-6-13(10)17)14(18)8-11-4-2-3-5-12(11)15/h2-5,10H,6-9H2,1H3. The van der Waals surface area contributed by atoms with Gasteiger partial charge in [-0.1, -0.05) is 25.1 Å². The minimum atomic E-state index is -0.355. The van der Waals surface area contributed by atoms with Gasteiger partial charge in [-0.2, -0.15) is 0 Å². The number of hydrogen-bond donors (Lipinski definition) is 0. The zero-order chi connectivity index (χ0) is 13.1. The average molecular weight is 249 g/mol. The second-order valence-electron chi connectivity index (χ2n) is 4.73. The molecule has 1 atom stereocenters. The van der Waals surface area contributed by atoms with Crippen molar-refractivity contribution in [2.24, 2.45) is 5.92 Å². The molecule has 1 aliphatic rings. The third-order valence-electron chi connectivity index (χ3n) is 3.32. The van der Waals surface area contributed by atoms with E-state index in [4.69, 9.17) is 0 Å². The first-order valence-electron chi connectivity index (χ1n) is 6.12. The van der Waals surface area contributed by atoms with E-state index in [1.54, 1.807) is 23.1 Å². The summed E-state index contributed by atoms with van der Waals surface area (Å²) >= 11 is 0. The highest BCUT2D eigenvalue weighted by atomic mass is 19.1. The fourth-order valence-electron chi connectivity index (χ4n) is 2.16. The van der Waals surface area contributed by atoms with Gasteiger partial charge in [-0.15, -0.1) is 0 Å². The summed E-state index contributed by atoms with van der Waals surface area (Å²) in [5.74, 6) is -0.375. The Bertz CT molecular complexity index is 473. The van der Waals surface area contributed by atoms with Gasteiger partial charge in [0.05, 0.1) is 6.42 Å². The SMILES string of the molecule is CC1CN(C(=O)Cc2ccccc2F)CCC1=O. The number of rotatable bonds is 2. The first-order chi connectivity index (χ1) is 8.58. The zero-order valence-corrected chi connectivity index (χ0v) is 10.4. The molecule has 0 radical (unpaired) electrons. The molecule has 3 nitrogen and oxygen atoms in total. The van der Waals surface area contributed by atoms with Crippen LogP contribution in [0.1, 0.15) is 18.9 Å². The molecule has 0 aromatic heterocycles. The molecule has 0 N–H and O–H groups in total. The monoisotopic (exact) mass is 249 g/mol. The van der Waals surface area contributed by atoms with Gasteiger partial charge in [0.25, 0.3) is 0 Å². The summed E-state index contributed by atoms with van der Waals surface area (Å²) in [6, 6.07) is 6.29. The number of likely N-dealkylation sites (tertiary alicyclic amines) is 1. The zero-order valence-electron chi connectivity index (χ0n) is 10.4. The van der Waals surface area contributed by atoms with Crippen molar-refractivity contribution in [2.45, 2.75) is 19.8 Å². The van der Waals surface area contributed by atoms with Gasteiger partial charge in [-0.05, 0) is 11.6 Å². The Morgan fingerprint density at radius 3 is 2.83 bits per heavy atom. The molecule has 1 saturated heterocycles. The summed E-state index contributed by atoms with van der Waals surface area (Å²) in [5.41, 5.74) is 0.409. The van der Waals surface area contributed by atoms with E-state index in [1.165, 1.54) is 6.07 Å². The number of ketones is 1. The molecule has 96 valence electrons. The largest absolute Gasteiger partial charge is 0.341 e. The van der Waals surface area contributed by atoms with Gasteiger partial charge in [-0.25, -0.2) is 4.39 Å². The number of nitrogens with zero attached hydrogens (tertiary/aromatic N) is 1. The smallest absolute Gasteiger partial charge is 0.227 e. The van der Waals surface area contributed by atoms with E-state index >= 15 is 0 Å². The molecule has 4 heteroatoms. The molecule has 2 rings (SSSR count). The van der Waals surface area contributed by atoms with Crippen LogP contribution in [0.5, 0.6) is 0 Å². The summed E-state index contributed by atoms with van der Waals surface area (Å²) in [5, 5.41) is 0. The highest BCUT2D eigenvalue weighted by molar-refractivity contribution is 5.85. The Morgan fingerprint density at radius 1 is 1.44 bits per heavy atom. The molecule has 1 amide bonds. The van der Waals surface area contributed by atoms with Crippen LogP contribution in [0.25, 0.3) is 0 Å². The van der Waals surface area contributed by atoms with Gasteiger partial charge in [0.15, 0.2) is 0 Å². The van der Waals surface area contributed by atoms with E-state index in [9.17, 15) is 14.0 Å². The van der Waals surface area contributed by atoms with E-state index in [2.05, 4.69) is 0 Å². The molecule has 0 spiro atoms. The molecular weight excluding hydrogens is 233 g/mol. The van der Waals surface area contributed by atoms with Crippen LogP contribution in [0, 0.1) is 11.7 Å². The van der Waals surface area contributed by atoms with Crippen LogP contribution in [0.2, 0.25) is 0 Å². The lowest BCUT2D eigenvalue weighted by molar-refractivity contribution is -0.136. The van der Waals surface area contributed by atoms with Gasteiger partial charge < -0.3 is 4.90 Å². The predicted octanol–water partition coefficient (Wildman–Crippen LogP) is 1.81. The van der Waals surface area contributed by atoms with Crippen LogP contribution in [0.4, 0.5) is 4.39 Å². The van der Waals surface area contributed by atoms with E-state index in [-0.39, 0.29) is 29.8 Å². The maximum absolute atomic E-state index is 13.4. The fraction of sp³-hybridized carbons (Fsp3) is 0.429. The van der Waals surface area contributed by atoms with E-state index in [1.807, 2.05) is 6.92 Å². The van der Waals surface area contributed by atoms with E-state index < -0.39 is 0 Å². The Kier molecular flexibility index (Phi) is 3.75. The minimum absolute atomic E-state index is 0.0631. The van der Waals surface area contributed by atoms with Gasteiger partial charge in [0, 0.05) is 25.4 Å². The number of halogens is 1. The first kappa shape index (κ1) is 12.7. The summed E-state index contributed by atoms with van der Waals surface area (Å²) in [6.07, 6.45) is 0.470. The summed E-state index contributed by atoms with van der Waals surface area (Å²) in [4.78, 5) is 25.0. The molecule has 0 bridgehead atoms. The molecule has 1 aromatic carbocycles. The van der Waals surface area contributed by atoms with Gasteiger partial charge in [-0.3, -0.25) is 9.59 Å². The minimum Gasteiger partial charge on any atom is -0.341 e. The molecule has 1 aromatic rings. The predicted molar refractivity (Wildman–Crippen MR) is 65.5 cm³/mol. The van der Waals surface area contributed by atoms with Crippen molar-refractivity contribution in [3.8, 4) is 0 Å². The number of carbonyl (C=O) groups excluding carboxylic acids is 2. The molecule has 1 aliphatic heterocycles. The van der Waals surface area contributed by atoms with Crippen molar-refractivity contribution in [1.82, 2.24) is 4.90 Å². The van der Waals surface area contributed by atoms with Crippen molar-refractivity contribution in [3.63, 3.8) is 0 Å². The Balaban J connectivity index is 2.01. The van der Waals surface area contributed by atoms with Crippen molar-refractivity contribution in [2.75, 3.05) is 13.1 Å². The molecule has 1 fully saturated rings. The number of hydrogen-bond acceptors (Lipinski definition) is 2. The van der Waals surface area contributed by atoms with E-state index in [0.717, 1.165) is 0 Å². The van der Waals surface area contributed by atoms with Crippen LogP contribution >= 0.6 is 0 Å². The number of Topliss-reactive ketones (excluding diaryl/α,β-unsaturated/α-hetero) is 1. The van der Waals surface area contributed by atoms with Crippen molar-refractivity contribution in [3.05, 3.63) is 35.6 Å². The molecule has 0 saturated carbocycles. The number of benzene rings is 1. The van der Waals surface area contributed by atoms with Crippen molar-refractivity contribution in [1.29, 1.82) is 0 Å². The third kappa shape index (κ3) is 2.75. The van der Waals surface area contributed by atoms with Crippen LogP contribution < -0.4 is 0 Å². The second kappa shape index (κ2) is 5.29. The molecule has 1 unspecified atom stereocenters. The van der Waals surface area contributed by atoms with Crippen LogP contribution in [0.3, 0.4) is 0 Å². The van der Waals surface area contributed by atoms with Crippen molar-refractivity contribution >= 4 is 11.7 Å². The lowest BCUT2D eigenvalue weighted by atomic mass is 9.98. The summed E-state index contributed by atoms with van der Waals surface area (Å²) in [7, 11) is 0. The summed E-state index contributed by atoms with van der Waals surface area (Å²) in [6.45, 7) is 2.73. The quantitative estimate of drug-likeness (QED) is 0.801. The highest BCUT2D eigenvalue weighted by Crippen LogP contribution is 2.15. The normalized spacial score (nSPS) is 20.0. The van der Waals surface area contributed by atoms with Crippen LogP contribution in [-0.4, -0.2) is 29.7 Å². The first-order valence-corrected chi connectivity index (χ1v) is 6.12. The lowest BCUT2D eigenvalue weighted by Gasteiger charge is -2.30. The lowest BCUT2D eigenvalue weighted by Crippen LogP contribution is -2.43. The Hall–Kier alpha value is -1.71. The van der Waals surface area contributed by atoms with Crippen LogP contribution in [0.15, 0.2) is 24.3 Å². The molecule has 18 heavy (non-hydrogen) atoms. The summed E-state index contributed by atoms with van der Waals surface area (Å²) < 4.78 is 13.4. The maximum atomic E-state index is 13.4. The fourth-order valence-corrected chi connectivity index (χ4v) is 2.16. The van der Waals surface area contributed by atoms with Crippen molar-refractivity contribution < 1.29 is 14.0 Å². The third-order valence-corrected chi connectivity index (χ3v) is 3.32. The molecular formula is C14H16FNO2. The Morgan fingerprint density at radius 2 is 2.17 bits per heavy atom. The average Bonchev–Trinajstić information content (AvgIpc) is 2.35. The number of piperidine rings is 1. The molecule has 0 aliphatic carbocycles. The number of amides is 1. The Labute approximate surface area is 106 Å². The second-order valence-corrected chi connectivity index (χ2v) is 4.73.